The lowest BCUT2D eigenvalue weighted by Gasteiger charge is -2.23. The highest BCUT2D eigenvalue weighted by atomic mass is 35.5. The third-order valence-electron chi connectivity index (χ3n) is 2.28. The zero-order valence-corrected chi connectivity index (χ0v) is 9.68. The Labute approximate surface area is 97.6 Å². The van der Waals surface area contributed by atoms with Crippen LogP contribution in [0.3, 0.4) is 0 Å². The maximum absolute atomic E-state index is 10.8. The second kappa shape index (κ2) is 5.09. The molecule has 1 aromatic rings. The Hall–Kier alpha value is -1.40. The van der Waals surface area contributed by atoms with Crippen LogP contribution in [0.1, 0.15) is 6.92 Å². The number of aliphatic hydroxyl groups excluding tert-OH is 1. The van der Waals surface area contributed by atoms with E-state index < -0.39 is 4.92 Å². The van der Waals surface area contributed by atoms with Crippen LogP contribution in [0.5, 0.6) is 0 Å². The Bertz CT molecular complexity index is 400. The van der Waals surface area contributed by atoms with Gasteiger partial charge in [-0.05, 0) is 13.0 Å². The Kier molecular flexibility index (Phi) is 4.03. The minimum absolute atomic E-state index is 0.123. The van der Waals surface area contributed by atoms with Crippen LogP contribution in [0.15, 0.2) is 12.1 Å². The average molecular weight is 246 g/mol. The molecule has 0 aromatic carbocycles. The van der Waals surface area contributed by atoms with E-state index in [0.29, 0.717) is 0 Å². The molecule has 6 nitrogen and oxygen atoms in total. The third-order valence-corrected chi connectivity index (χ3v) is 2.49. The summed E-state index contributed by atoms with van der Waals surface area (Å²) in [6, 6.07) is 2.39. The summed E-state index contributed by atoms with van der Waals surface area (Å²) in [5.74, 6) is 0.152. The minimum atomic E-state index is -0.529. The number of nitro groups is 1. The number of halogens is 1. The summed E-state index contributed by atoms with van der Waals surface area (Å²) in [5, 5.41) is 20.0. The molecule has 7 heteroatoms. The lowest BCUT2D eigenvalue weighted by Crippen LogP contribution is -2.33. The lowest BCUT2D eigenvalue weighted by molar-refractivity contribution is -0.384. The summed E-state index contributed by atoms with van der Waals surface area (Å²) in [7, 11) is 1.62. The third kappa shape index (κ3) is 2.59. The molecule has 0 aliphatic carbocycles. The lowest BCUT2D eigenvalue weighted by atomic mass is 10.3. The van der Waals surface area contributed by atoms with Crippen LogP contribution in [-0.4, -0.2) is 34.7 Å². The quantitative estimate of drug-likeness (QED) is 0.494. The number of pyridine rings is 1. The van der Waals surface area contributed by atoms with Gasteiger partial charge in [-0.2, -0.15) is 0 Å². The second-order valence-electron chi connectivity index (χ2n) is 3.38. The van der Waals surface area contributed by atoms with Crippen molar-refractivity contribution in [3.63, 3.8) is 0 Å². The fourth-order valence-corrected chi connectivity index (χ4v) is 1.29. The minimum Gasteiger partial charge on any atom is -0.394 e. The van der Waals surface area contributed by atoms with Gasteiger partial charge in [0, 0.05) is 13.1 Å². The van der Waals surface area contributed by atoms with E-state index in [1.807, 2.05) is 0 Å². The molecular formula is C9H12ClN3O3. The van der Waals surface area contributed by atoms with Crippen molar-refractivity contribution in [3.8, 4) is 0 Å². The molecule has 1 rings (SSSR count). The predicted molar refractivity (Wildman–Crippen MR) is 60.9 cm³/mol. The van der Waals surface area contributed by atoms with E-state index in [4.69, 9.17) is 16.7 Å². The maximum Gasteiger partial charge on any atom is 0.311 e. The molecule has 0 spiro atoms. The second-order valence-corrected chi connectivity index (χ2v) is 3.76. The molecule has 1 aromatic heterocycles. The smallest absolute Gasteiger partial charge is 0.311 e. The van der Waals surface area contributed by atoms with Crippen molar-refractivity contribution in [2.75, 3.05) is 18.6 Å². The number of anilines is 1. The van der Waals surface area contributed by atoms with Gasteiger partial charge in [0.25, 0.3) is 0 Å². The van der Waals surface area contributed by atoms with Gasteiger partial charge < -0.3 is 10.0 Å². The van der Waals surface area contributed by atoms with Crippen LogP contribution < -0.4 is 4.90 Å². The SMILES string of the molecule is CC(CO)N(C)c1nc(Cl)ccc1[N+](=O)[O-]. The van der Waals surface area contributed by atoms with Gasteiger partial charge in [-0.15, -0.1) is 0 Å². The van der Waals surface area contributed by atoms with Gasteiger partial charge in [0.2, 0.25) is 5.82 Å². The fraction of sp³-hybridized carbons (Fsp3) is 0.444. The van der Waals surface area contributed by atoms with Crippen molar-refractivity contribution < 1.29 is 10.0 Å². The van der Waals surface area contributed by atoms with Crippen molar-refractivity contribution >= 4 is 23.1 Å². The van der Waals surface area contributed by atoms with Crippen LogP contribution in [0.25, 0.3) is 0 Å². The Balaban J connectivity index is 3.19. The molecular weight excluding hydrogens is 234 g/mol. The van der Waals surface area contributed by atoms with Crippen molar-refractivity contribution in [2.24, 2.45) is 0 Å². The molecule has 0 saturated carbocycles. The first-order valence-electron chi connectivity index (χ1n) is 4.62. The standard InChI is InChI=1S/C9H12ClN3O3/c1-6(5-14)12(2)9-7(13(15)16)3-4-8(10)11-9/h3-4,6,14H,5H2,1-2H3. The first-order valence-corrected chi connectivity index (χ1v) is 4.99. The van der Waals surface area contributed by atoms with Crippen LogP contribution in [0.4, 0.5) is 11.5 Å². The van der Waals surface area contributed by atoms with Crippen LogP contribution in [0.2, 0.25) is 5.15 Å². The number of aromatic nitrogens is 1. The molecule has 1 unspecified atom stereocenters. The Morgan fingerprint density at radius 3 is 2.81 bits per heavy atom. The number of hydrogen-bond donors (Lipinski definition) is 1. The average Bonchev–Trinajstić information content (AvgIpc) is 2.26. The van der Waals surface area contributed by atoms with Crippen LogP contribution in [0, 0.1) is 10.1 Å². The Morgan fingerprint density at radius 1 is 1.69 bits per heavy atom. The molecule has 88 valence electrons. The van der Waals surface area contributed by atoms with Crippen molar-refractivity contribution in [3.05, 3.63) is 27.4 Å². The molecule has 0 aliphatic heterocycles. The van der Waals surface area contributed by atoms with Crippen molar-refractivity contribution in [1.82, 2.24) is 4.98 Å². The number of nitrogens with zero attached hydrogens (tertiary/aromatic N) is 3. The Morgan fingerprint density at radius 2 is 2.31 bits per heavy atom. The summed E-state index contributed by atoms with van der Waals surface area (Å²) in [6.45, 7) is 1.61. The topological polar surface area (TPSA) is 79.5 Å². The van der Waals surface area contributed by atoms with E-state index in [1.54, 1.807) is 14.0 Å². The van der Waals surface area contributed by atoms with E-state index in [-0.39, 0.29) is 29.3 Å². The maximum atomic E-state index is 10.8. The van der Waals surface area contributed by atoms with E-state index in [0.717, 1.165) is 0 Å². The molecule has 0 bridgehead atoms. The molecule has 1 atom stereocenters. The van der Waals surface area contributed by atoms with Gasteiger partial charge in [0.15, 0.2) is 0 Å². The van der Waals surface area contributed by atoms with Crippen LogP contribution in [-0.2, 0) is 0 Å². The molecule has 0 fully saturated rings. The highest BCUT2D eigenvalue weighted by molar-refractivity contribution is 6.29. The first kappa shape index (κ1) is 12.7. The molecule has 0 radical (unpaired) electrons. The van der Waals surface area contributed by atoms with Gasteiger partial charge in [-0.1, -0.05) is 11.6 Å². The van der Waals surface area contributed by atoms with Crippen molar-refractivity contribution in [2.45, 2.75) is 13.0 Å². The number of aliphatic hydroxyl groups is 1. The predicted octanol–water partition coefficient (Wildman–Crippen LogP) is 1.46. The summed E-state index contributed by atoms with van der Waals surface area (Å²) < 4.78 is 0. The van der Waals surface area contributed by atoms with E-state index in [9.17, 15) is 10.1 Å². The van der Waals surface area contributed by atoms with E-state index in [2.05, 4.69) is 4.98 Å². The summed E-state index contributed by atoms with van der Waals surface area (Å²) >= 11 is 5.69. The molecule has 0 aliphatic rings. The molecule has 16 heavy (non-hydrogen) atoms. The highest BCUT2D eigenvalue weighted by Gasteiger charge is 2.22. The first-order chi connectivity index (χ1) is 7.47. The van der Waals surface area contributed by atoms with Gasteiger partial charge in [0.1, 0.15) is 5.15 Å². The summed E-state index contributed by atoms with van der Waals surface area (Å²) in [6.07, 6.45) is 0. The monoisotopic (exact) mass is 245 g/mol. The molecule has 0 amide bonds. The van der Waals surface area contributed by atoms with Gasteiger partial charge in [0.05, 0.1) is 17.6 Å². The largest absolute Gasteiger partial charge is 0.394 e. The fourth-order valence-electron chi connectivity index (χ4n) is 1.15. The zero-order chi connectivity index (χ0) is 12.3. The highest BCUT2D eigenvalue weighted by Crippen LogP contribution is 2.27. The number of hydrogen-bond acceptors (Lipinski definition) is 5. The molecule has 0 saturated heterocycles. The van der Waals surface area contributed by atoms with Crippen molar-refractivity contribution in [1.29, 1.82) is 0 Å². The molecule has 1 heterocycles. The van der Waals surface area contributed by atoms with Gasteiger partial charge in [-0.3, -0.25) is 10.1 Å². The summed E-state index contributed by atoms with van der Waals surface area (Å²) in [5.41, 5.74) is -0.132. The van der Waals surface area contributed by atoms with Crippen LogP contribution >= 0.6 is 11.6 Å². The summed E-state index contributed by atoms with van der Waals surface area (Å²) in [4.78, 5) is 15.7. The van der Waals surface area contributed by atoms with E-state index in [1.165, 1.54) is 17.0 Å². The van der Waals surface area contributed by atoms with Gasteiger partial charge >= 0.3 is 5.69 Å². The number of likely N-dealkylation sites (N-methyl/N-ethyl adjacent to an activating group) is 1. The normalized spacial score (nSPS) is 12.2. The van der Waals surface area contributed by atoms with E-state index >= 15 is 0 Å². The zero-order valence-electron chi connectivity index (χ0n) is 8.92. The molecule has 1 N–H and O–H groups in total. The van der Waals surface area contributed by atoms with Gasteiger partial charge in [-0.25, -0.2) is 4.98 Å². The number of rotatable bonds is 4.